The Morgan fingerprint density at radius 2 is 2.33 bits per heavy atom. The molecule has 0 fully saturated rings. The summed E-state index contributed by atoms with van der Waals surface area (Å²) in [5.74, 6) is 0. The van der Waals surface area contributed by atoms with E-state index < -0.39 is 0 Å². The Bertz CT molecular complexity index is 314. The number of nitrogen functional groups attached to an aromatic ring is 1. The van der Waals surface area contributed by atoms with Crippen molar-refractivity contribution in [1.82, 2.24) is 4.98 Å². The monoisotopic (exact) mass is 160 g/mol. The summed E-state index contributed by atoms with van der Waals surface area (Å²) in [5.41, 5.74) is 8.26. The van der Waals surface area contributed by atoms with Crippen molar-refractivity contribution in [3.8, 4) is 0 Å². The summed E-state index contributed by atoms with van der Waals surface area (Å²) in [5, 5.41) is 0. The van der Waals surface area contributed by atoms with Crippen LogP contribution in [0.25, 0.3) is 6.08 Å². The van der Waals surface area contributed by atoms with E-state index in [0.717, 1.165) is 11.3 Å². The van der Waals surface area contributed by atoms with Crippen molar-refractivity contribution >= 4 is 11.8 Å². The number of hydrogen-bond donors (Lipinski definition) is 1. The highest BCUT2D eigenvalue weighted by molar-refractivity contribution is 5.53. The predicted molar refractivity (Wildman–Crippen MR) is 52.6 cm³/mol. The predicted octanol–water partition coefficient (Wildman–Crippen LogP) is 2.17. The van der Waals surface area contributed by atoms with Crippen LogP contribution in [0.1, 0.15) is 11.3 Å². The van der Waals surface area contributed by atoms with Gasteiger partial charge >= 0.3 is 0 Å². The van der Waals surface area contributed by atoms with Crippen LogP contribution in [0, 0.1) is 6.92 Å². The highest BCUT2D eigenvalue weighted by Gasteiger charge is 1.94. The maximum Gasteiger partial charge on any atom is 0.0660 e. The molecule has 0 amide bonds. The van der Waals surface area contributed by atoms with Crippen molar-refractivity contribution < 1.29 is 0 Å². The molecule has 1 heterocycles. The van der Waals surface area contributed by atoms with Crippen molar-refractivity contribution in [1.29, 1.82) is 0 Å². The molecule has 0 saturated heterocycles. The third kappa shape index (κ3) is 1.95. The number of aromatic nitrogens is 1. The van der Waals surface area contributed by atoms with Crippen molar-refractivity contribution in [2.24, 2.45) is 0 Å². The number of aryl methyl sites for hydroxylation is 1. The van der Waals surface area contributed by atoms with Crippen LogP contribution < -0.4 is 5.73 Å². The molecule has 0 spiro atoms. The van der Waals surface area contributed by atoms with Gasteiger partial charge in [0, 0.05) is 0 Å². The largest absolute Gasteiger partial charge is 0.397 e. The zero-order valence-electron chi connectivity index (χ0n) is 7.12. The molecule has 2 heteroatoms. The summed E-state index contributed by atoms with van der Waals surface area (Å²) in [6.07, 6.45) is 7.13. The Balaban J connectivity index is 3.01. The van der Waals surface area contributed by atoms with E-state index >= 15 is 0 Å². The molecule has 0 aliphatic rings. The third-order valence-electron chi connectivity index (χ3n) is 1.53. The number of nitrogens with two attached hydrogens (primary N) is 1. The smallest absolute Gasteiger partial charge is 0.0660 e. The average molecular weight is 160 g/mol. The fourth-order valence-corrected chi connectivity index (χ4v) is 0.941. The summed E-state index contributed by atoms with van der Waals surface area (Å²) in [6, 6.07) is 1.90. The Labute approximate surface area is 72.4 Å². The lowest BCUT2D eigenvalue weighted by Crippen LogP contribution is -1.91. The second kappa shape index (κ2) is 3.72. The molecule has 62 valence electrons. The number of allylic oxidation sites excluding steroid dienone is 2. The minimum absolute atomic E-state index is 0.697. The quantitative estimate of drug-likeness (QED) is 0.673. The number of hydrogen-bond acceptors (Lipinski definition) is 2. The van der Waals surface area contributed by atoms with Crippen LogP contribution in [0.15, 0.2) is 31.0 Å². The first-order chi connectivity index (χ1) is 5.74. The summed E-state index contributed by atoms with van der Waals surface area (Å²) < 4.78 is 0. The maximum absolute atomic E-state index is 5.55. The highest BCUT2D eigenvalue weighted by atomic mass is 14.7. The second-order valence-corrected chi connectivity index (χ2v) is 2.57. The Morgan fingerprint density at radius 3 is 2.92 bits per heavy atom. The Hall–Kier alpha value is -1.57. The van der Waals surface area contributed by atoms with Gasteiger partial charge in [0.25, 0.3) is 0 Å². The molecular formula is C10H12N2. The van der Waals surface area contributed by atoms with E-state index in [4.69, 9.17) is 5.73 Å². The molecular weight excluding hydrogens is 148 g/mol. The molecule has 12 heavy (non-hydrogen) atoms. The van der Waals surface area contributed by atoms with Gasteiger partial charge in [0.2, 0.25) is 0 Å². The minimum atomic E-state index is 0.697. The van der Waals surface area contributed by atoms with E-state index in [0.29, 0.717) is 5.69 Å². The molecule has 0 atom stereocenters. The summed E-state index contributed by atoms with van der Waals surface area (Å²) in [4.78, 5) is 4.16. The van der Waals surface area contributed by atoms with Crippen LogP contribution in [-0.2, 0) is 0 Å². The van der Waals surface area contributed by atoms with Gasteiger partial charge in [-0.2, -0.15) is 0 Å². The van der Waals surface area contributed by atoms with Gasteiger partial charge in [-0.05, 0) is 24.6 Å². The molecule has 0 aromatic carbocycles. The van der Waals surface area contributed by atoms with Crippen LogP contribution in [-0.4, -0.2) is 4.98 Å². The van der Waals surface area contributed by atoms with Gasteiger partial charge in [0.05, 0.1) is 17.6 Å². The van der Waals surface area contributed by atoms with Crippen LogP contribution >= 0.6 is 0 Å². The molecule has 0 bridgehead atoms. The number of pyridine rings is 1. The van der Waals surface area contributed by atoms with Crippen molar-refractivity contribution in [3.05, 3.63) is 42.3 Å². The zero-order valence-corrected chi connectivity index (χ0v) is 7.12. The highest BCUT2D eigenvalue weighted by Crippen LogP contribution is 2.10. The topological polar surface area (TPSA) is 38.9 Å². The molecule has 0 saturated carbocycles. The molecule has 1 rings (SSSR count). The lowest BCUT2D eigenvalue weighted by Gasteiger charge is -1.99. The van der Waals surface area contributed by atoms with Crippen molar-refractivity contribution in [2.75, 3.05) is 5.73 Å². The Kier molecular flexibility index (Phi) is 2.64. The second-order valence-electron chi connectivity index (χ2n) is 2.57. The molecule has 2 N–H and O–H groups in total. The molecule has 0 aliphatic heterocycles. The molecule has 0 aliphatic carbocycles. The normalized spacial score (nSPS) is 10.4. The number of rotatable bonds is 2. The number of anilines is 1. The molecule has 0 radical (unpaired) electrons. The van der Waals surface area contributed by atoms with Gasteiger partial charge in [0.1, 0.15) is 0 Å². The van der Waals surface area contributed by atoms with E-state index in [1.54, 1.807) is 12.3 Å². The molecule has 1 aromatic rings. The van der Waals surface area contributed by atoms with E-state index in [1.807, 2.05) is 25.1 Å². The van der Waals surface area contributed by atoms with E-state index in [9.17, 15) is 0 Å². The summed E-state index contributed by atoms with van der Waals surface area (Å²) in [6.45, 7) is 5.56. The van der Waals surface area contributed by atoms with Gasteiger partial charge in [-0.1, -0.05) is 18.7 Å². The minimum Gasteiger partial charge on any atom is -0.397 e. The molecule has 0 unspecified atom stereocenters. The third-order valence-corrected chi connectivity index (χ3v) is 1.53. The van der Waals surface area contributed by atoms with Crippen LogP contribution in [0.2, 0.25) is 0 Å². The van der Waals surface area contributed by atoms with Gasteiger partial charge in [-0.3, -0.25) is 4.98 Å². The van der Waals surface area contributed by atoms with Gasteiger partial charge in [-0.15, -0.1) is 0 Å². The van der Waals surface area contributed by atoms with Gasteiger partial charge < -0.3 is 5.73 Å². The van der Waals surface area contributed by atoms with E-state index in [2.05, 4.69) is 11.6 Å². The van der Waals surface area contributed by atoms with Crippen LogP contribution in [0.3, 0.4) is 0 Å². The maximum atomic E-state index is 5.55. The van der Waals surface area contributed by atoms with Crippen LogP contribution in [0.4, 0.5) is 5.69 Å². The standard InChI is InChI=1S/C10H12N2/c1-3-4-5-10-8(2)6-9(11)7-12-10/h3-7H,1,11H2,2H3/b5-4-. The van der Waals surface area contributed by atoms with E-state index in [-0.39, 0.29) is 0 Å². The lowest BCUT2D eigenvalue weighted by molar-refractivity contribution is 1.24. The SMILES string of the molecule is C=C/C=C\c1ncc(N)cc1C. The van der Waals surface area contributed by atoms with Crippen molar-refractivity contribution in [3.63, 3.8) is 0 Å². The fourth-order valence-electron chi connectivity index (χ4n) is 0.941. The average Bonchev–Trinajstić information content (AvgIpc) is 2.03. The first-order valence-electron chi connectivity index (χ1n) is 3.75. The Morgan fingerprint density at radius 1 is 1.58 bits per heavy atom. The molecule has 1 aromatic heterocycles. The molecule has 2 nitrogen and oxygen atoms in total. The van der Waals surface area contributed by atoms with Gasteiger partial charge in [-0.25, -0.2) is 0 Å². The van der Waals surface area contributed by atoms with Crippen molar-refractivity contribution in [2.45, 2.75) is 6.92 Å². The van der Waals surface area contributed by atoms with Gasteiger partial charge in [0.15, 0.2) is 0 Å². The summed E-state index contributed by atoms with van der Waals surface area (Å²) >= 11 is 0. The van der Waals surface area contributed by atoms with Crippen LogP contribution in [0.5, 0.6) is 0 Å². The zero-order chi connectivity index (χ0) is 8.97. The van der Waals surface area contributed by atoms with E-state index in [1.165, 1.54) is 0 Å². The number of nitrogens with zero attached hydrogens (tertiary/aromatic N) is 1. The first kappa shape index (κ1) is 8.53. The first-order valence-corrected chi connectivity index (χ1v) is 3.75. The lowest BCUT2D eigenvalue weighted by atomic mass is 10.2. The summed E-state index contributed by atoms with van der Waals surface area (Å²) in [7, 11) is 0. The fraction of sp³-hybridized carbons (Fsp3) is 0.100.